The van der Waals surface area contributed by atoms with Gasteiger partial charge in [0.05, 0.1) is 0 Å². The van der Waals surface area contributed by atoms with E-state index in [1.807, 2.05) is 6.07 Å². The van der Waals surface area contributed by atoms with Crippen LogP contribution in [0.2, 0.25) is 0 Å². The third-order valence-electron chi connectivity index (χ3n) is 4.07. The van der Waals surface area contributed by atoms with E-state index in [1.165, 1.54) is 5.56 Å². The molecule has 0 saturated carbocycles. The molecule has 3 heteroatoms. The molecule has 1 aromatic carbocycles. The van der Waals surface area contributed by atoms with Crippen LogP contribution in [0, 0.1) is 0 Å². The lowest BCUT2D eigenvalue weighted by atomic mass is 9.92. The van der Waals surface area contributed by atoms with Crippen LogP contribution >= 0.6 is 0 Å². The van der Waals surface area contributed by atoms with Gasteiger partial charge in [-0.25, -0.2) is 0 Å². The maximum atomic E-state index is 6.20. The Morgan fingerprint density at radius 3 is 2.63 bits per heavy atom. The van der Waals surface area contributed by atoms with Crippen molar-refractivity contribution in [3.63, 3.8) is 0 Å². The van der Waals surface area contributed by atoms with E-state index in [2.05, 4.69) is 36.5 Å². The van der Waals surface area contributed by atoms with Crippen molar-refractivity contribution >= 4 is 0 Å². The summed E-state index contributed by atoms with van der Waals surface area (Å²) in [6.45, 7) is 5.10. The van der Waals surface area contributed by atoms with Gasteiger partial charge in [0.25, 0.3) is 0 Å². The highest BCUT2D eigenvalue weighted by Crippen LogP contribution is 2.20. The average Bonchev–Trinajstić information content (AvgIpc) is 2.45. The molecule has 19 heavy (non-hydrogen) atoms. The van der Waals surface area contributed by atoms with Crippen LogP contribution in [0.25, 0.3) is 0 Å². The highest BCUT2D eigenvalue weighted by molar-refractivity contribution is 5.18. The molecule has 1 aliphatic rings. The van der Waals surface area contributed by atoms with E-state index >= 15 is 0 Å². The lowest BCUT2D eigenvalue weighted by Gasteiger charge is -2.34. The maximum absolute atomic E-state index is 6.20. The second kappa shape index (κ2) is 7.04. The summed E-state index contributed by atoms with van der Waals surface area (Å²) in [7, 11) is 0. The SMILES string of the molecule is CC1(NCCCC(N)c2ccccc2)CCOCC1. The molecule has 1 atom stereocenters. The Bertz CT molecular complexity index is 360. The number of benzene rings is 1. The smallest absolute Gasteiger partial charge is 0.0483 e. The molecule has 0 radical (unpaired) electrons. The normalized spacial score (nSPS) is 20.1. The summed E-state index contributed by atoms with van der Waals surface area (Å²) in [5, 5.41) is 3.67. The van der Waals surface area contributed by atoms with E-state index in [0.29, 0.717) is 0 Å². The quantitative estimate of drug-likeness (QED) is 0.775. The highest BCUT2D eigenvalue weighted by atomic mass is 16.5. The first-order valence-electron chi connectivity index (χ1n) is 7.33. The summed E-state index contributed by atoms with van der Waals surface area (Å²) in [4.78, 5) is 0. The van der Waals surface area contributed by atoms with Crippen molar-refractivity contribution in [2.45, 2.75) is 44.2 Å². The monoisotopic (exact) mass is 262 g/mol. The van der Waals surface area contributed by atoms with Crippen molar-refractivity contribution in [2.75, 3.05) is 19.8 Å². The molecule has 106 valence electrons. The van der Waals surface area contributed by atoms with Crippen LogP contribution in [0.1, 0.15) is 44.2 Å². The fourth-order valence-electron chi connectivity index (χ4n) is 2.58. The molecule has 1 aromatic rings. The Morgan fingerprint density at radius 2 is 1.95 bits per heavy atom. The molecule has 3 nitrogen and oxygen atoms in total. The van der Waals surface area contributed by atoms with Crippen LogP contribution in [0.3, 0.4) is 0 Å². The second-order valence-corrected chi connectivity index (χ2v) is 5.76. The van der Waals surface area contributed by atoms with E-state index in [4.69, 9.17) is 10.5 Å². The summed E-state index contributed by atoms with van der Waals surface area (Å²) in [5.41, 5.74) is 7.69. The van der Waals surface area contributed by atoms with Crippen LogP contribution < -0.4 is 11.1 Å². The number of nitrogens with two attached hydrogens (primary N) is 1. The topological polar surface area (TPSA) is 47.3 Å². The van der Waals surface area contributed by atoms with Crippen molar-refractivity contribution in [2.24, 2.45) is 5.73 Å². The highest BCUT2D eigenvalue weighted by Gasteiger charge is 2.26. The Hall–Kier alpha value is -0.900. The summed E-state index contributed by atoms with van der Waals surface area (Å²) >= 11 is 0. The lowest BCUT2D eigenvalue weighted by molar-refractivity contribution is 0.0452. The molecule has 1 unspecified atom stereocenters. The molecule has 0 aromatic heterocycles. The molecule has 1 fully saturated rings. The van der Waals surface area contributed by atoms with Crippen molar-refractivity contribution in [3.8, 4) is 0 Å². The Balaban J connectivity index is 1.66. The minimum absolute atomic E-state index is 0.158. The molecule has 1 heterocycles. The predicted molar refractivity (Wildman–Crippen MR) is 79.1 cm³/mol. The van der Waals surface area contributed by atoms with Crippen LogP contribution in [-0.4, -0.2) is 25.3 Å². The fourth-order valence-corrected chi connectivity index (χ4v) is 2.58. The molecular weight excluding hydrogens is 236 g/mol. The molecule has 0 spiro atoms. The number of nitrogens with one attached hydrogen (secondary N) is 1. The number of rotatable bonds is 6. The van der Waals surface area contributed by atoms with Gasteiger partial charge in [0.1, 0.15) is 0 Å². The number of hydrogen-bond acceptors (Lipinski definition) is 3. The lowest BCUT2D eigenvalue weighted by Crippen LogP contribution is -2.47. The zero-order valence-electron chi connectivity index (χ0n) is 11.9. The van der Waals surface area contributed by atoms with Crippen LogP contribution in [0.4, 0.5) is 0 Å². The molecular formula is C16H26N2O. The first kappa shape index (κ1) is 14.5. The van der Waals surface area contributed by atoms with E-state index in [0.717, 1.165) is 45.4 Å². The zero-order chi connectivity index (χ0) is 13.6. The molecule has 0 amide bonds. The Kier molecular flexibility index (Phi) is 5.37. The molecule has 0 aliphatic carbocycles. The summed E-state index contributed by atoms with van der Waals surface area (Å²) in [6, 6.07) is 10.5. The zero-order valence-corrected chi connectivity index (χ0v) is 11.9. The van der Waals surface area contributed by atoms with Gasteiger partial charge in [0, 0.05) is 24.8 Å². The Morgan fingerprint density at radius 1 is 1.26 bits per heavy atom. The van der Waals surface area contributed by atoms with E-state index in [9.17, 15) is 0 Å². The van der Waals surface area contributed by atoms with Crippen molar-refractivity contribution in [1.82, 2.24) is 5.32 Å². The minimum atomic E-state index is 0.158. The maximum Gasteiger partial charge on any atom is 0.0483 e. The van der Waals surface area contributed by atoms with Crippen molar-refractivity contribution in [1.29, 1.82) is 0 Å². The summed E-state index contributed by atoms with van der Waals surface area (Å²) in [5.74, 6) is 0. The average molecular weight is 262 g/mol. The van der Waals surface area contributed by atoms with E-state index < -0.39 is 0 Å². The third-order valence-corrected chi connectivity index (χ3v) is 4.07. The van der Waals surface area contributed by atoms with Gasteiger partial charge in [0.2, 0.25) is 0 Å². The van der Waals surface area contributed by atoms with E-state index in [-0.39, 0.29) is 11.6 Å². The van der Waals surface area contributed by atoms with Gasteiger partial charge >= 0.3 is 0 Å². The first-order valence-corrected chi connectivity index (χ1v) is 7.33. The van der Waals surface area contributed by atoms with Crippen molar-refractivity contribution in [3.05, 3.63) is 35.9 Å². The van der Waals surface area contributed by atoms with Gasteiger partial charge in [-0.05, 0) is 44.7 Å². The van der Waals surface area contributed by atoms with Gasteiger partial charge in [-0.1, -0.05) is 30.3 Å². The summed E-state index contributed by atoms with van der Waals surface area (Å²) < 4.78 is 5.41. The Labute approximate surface area is 116 Å². The molecule has 2 rings (SSSR count). The van der Waals surface area contributed by atoms with Gasteiger partial charge in [-0.2, -0.15) is 0 Å². The molecule has 1 saturated heterocycles. The standard InChI is InChI=1S/C16H26N2O/c1-16(9-12-19-13-10-16)18-11-5-8-15(17)14-6-3-2-4-7-14/h2-4,6-7,15,18H,5,8-13,17H2,1H3. The van der Waals surface area contributed by atoms with Gasteiger partial charge < -0.3 is 15.8 Å². The molecule has 0 bridgehead atoms. The molecule has 1 aliphatic heterocycles. The second-order valence-electron chi connectivity index (χ2n) is 5.76. The number of ether oxygens (including phenoxy) is 1. The first-order chi connectivity index (χ1) is 9.20. The van der Waals surface area contributed by atoms with Gasteiger partial charge in [-0.3, -0.25) is 0 Å². The minimum Gasteiger partial charge on any atom is -0.381 e. The van der Waals surface area contributed by atoms with Gasteiger partial charge in [-0.15, -0.1) is 0 Å². The van der Waals surface area contributed by atoms with Crippen LogP contribution in [0.5, 0.6) is 0 Å². The van der Waals surface area contributed by atoms with E-state index in [1.54, 1.807) is 0 Å². The third kappa shape index (κ3) is 4.60. The van der Waals surface area contributed by atoms with Crippen LogP contribution in [0.15, 0.2) is 30.3 Å². The molecule has 3 N–H and O–H groups in total. The van der Waals surface area contributed by atoms with Crippen molar-refractivity contribution < 1.29 is 4.74 Å². The fraction of sp³-hybridized carbons (Fsp3) is 0.625. The van der Waals surface area contributed by atoms with Gasteiger partial charge in [0.15, 0.2) is 0 Å². The number of hydrogen-bond donors (Lipinski definition) is 2. The van der Waals surface area contributed by atoms with Crippen LogP contribution in [-0.2, 0) is 4.74 Å². The largest absolute Gasteiger partial charge is 0.381 e. The predicted octanol–water partition coefficient (Wildman–Crippen LogP) is 2.63. The summed E-state index contributed by atoms with van der Waals surface area (Å²) in [6.07, 6.45) is 4.37.